The number of aryl methyl sites for hydroxylation is 1. The zero-order valence-electron chi connectivity index (χ0n) is 17.7. The maximum Gasteiger partial charge on any atom is 0.300 e. The average molecular weight is 444 g/mol. The number of carbonyl (C=O) groups excluding carboxylic acids is 2. The number of hydrogen-bond acceptors (Lipinski definition) is 7. The second kappa shape index (κ2) is 7.98. The van der Waals surface area contributed by atoms with Crippen molar-refractivity contribution < 1.29 is 29.3 Å². The minimum atomic E-state index is -1.04. The van der Waals surface area contributed by atoms with Crippen molar-refractivity contribution in [3.8, 4) is 17.2 Å². The molecule has 1 saturated heterocycles. The Hall–Kier alpha value is -4.33. The molecule has 33 heavy (non-hydrogen) atoms. The summed E-state index contributed by atoms with van der Waals surface area (Å²) in [6, 6.07) is 13.6. The van der Waals surface area contributed by atoms with Gasteiger partial charge in [0.25, 0.3) is 11.7 Å². The zero-order valence-corrected chi connectivity index (χ0v) is 17.7. The number of ether oxygens (including phenoxy) is 2. The Morgan fingerprint density at radius 2 is 1.82 bits per heavy atom. The monoisotopic (exact) mass is 444 g/mol. The number of ketones is 1. The van der Waals surface area contributed by atoms with E-state index in [9.17, 15) is 19.8 Å². The third-order valence-corrected chi connectivity index (χ3v) is 5.62. The number of aliphatic hydroxyl groups excluding tert-OH is 1. The van der Waals surface area contributed by atoms with Gasteiger partial charge in [-0.2, -0.15) is 0 Å². The molecule has 1 amide bonds. The summed E-state index contributed by atoms with van der Waals surface area (Å²) in [6.45, 7) is 2.59. The number of hydrogen-bond donors (Lipinski definition) is 2. The third-order valence-electron chi connectivity index (χ3n) is 5.62. The van der Waals surface area contributed by atoms with Crippen molar-refractivity contribution in [1.29, 1.82) is 0 Å². The first-order valence-electron chi connectivity index (χ1n) is 10.4. The van der Waals surface area contributed by atoms with Crippen LogP contribution in [0.2, 0.25) is 0 Å². The second-order valence-corrected chi connectivity index (χ2v) is 7.77. The van der Waals surface area contributed by atoms with E-state index < -0.39 is 17.7 Å². The van der Waals surface area contributed by atoms with Crippen LogP contribution in [0.3, 0.4) is 0 Å². The van der Waals surface area contributed by atoms with E-state index >= 15 is 0 Å². The van der Waals surface area contributed by atoms with E-state index in [1.54, 1.807) is 48.5 Å². The molecular formula is C25H20N2O6. The minimum Gasteiger partial charge on any atom is -0.507 e. The molecule has 1 atom stereocenters. The fourth-order valence-electron chi connectivity index (χ4n) is 4.07. The molecule has 8 nitrogen and oxygen atoms in total. The third kappa shape index (κ3) is 3.45. The number of pyridine rings is 1. The molecular weight excluding hydrogens is 424 g/mol. The van der Waals surface area contributed by atoms with Gasteiger partial charge in [-0.3, -0.25) is 19.5 Å². The number of anilines is 1. The molecule has 0 radical (unpaired) electrons. The largest absolute Gasteiger partial charge is 0.507 e. The highest BCUT2D eigenvalue weighted by atomic mass is 16.6. The normalized spacial score (nSPS) is 19.1. The molecule has 0 saturated carbocycles. The lowest BCUT2D eigenvalue weighted by Crippen LogP contribution is -2.30. The molecule has 3 aromatic rings. The fourth-order valence-corrected chi connectivity index (χ4v) is 4.07. The molecule has 8 heteroatoms. The van der Waals surface area contributed by atoms with Gasteiger partial charge in [-0.15, -0.1) is 0 Å². The number of aromatic nitrogens is 1. The summed E-state index contributed by atoms with van der Waals surface area (Å²) >= 11 is 0. The summed E-state index contributed by atoms with van der Waals surface area (Å²) in [4.78, 5) is 31.9. The molecule has 2 aliphatic heterocycles. The van der Waals surface area contributed by atoms with E-state index in [-0.39, 0.29) is 22.8 Å². The molecule has 1 fully saturated rings. The number of aliphatic hydroxyl groups is 1. The molecule has 2 aromatic carbocycles. The number of phenols is 1. The Labute approximate surface area is 189 Å². The van der Waals surface area contributed by atoms with Gasteiger partial charge in [0.05, 0.1) is 17.0 Å². The lowest BCUT2D eigenvalue weighted by molar-refractivity contribution is -0.132. The second-order valence-electron chi connectivity index (χ2n) is 7.77. The van der Waals surface area contributed by atoms with Crippen molar-refractivity contribution in [3.05, 3.63) is 83.2 Å². The smallest absolute Gasteiger partial charge is 0.300 e. The van der Waals surface area contributed by atoms with E-state index in [0.29, 0.717) is 36.0 Å². The van der Waals surface area contributed by atoms with Crippen molar-refractivity contribution >= 4 is 23.1 Å². The number of benzene rings is 2. The van der Waals surface area contributed by atoms with Crippen LogP contribution >= 0.6 is 0 Å². The van der Waals surface area contributed by atoms with Crippen LogP contribution in [0.5, 0.6) is 17.2 Å². The zero-order chi connectivity index (χ0) is 23.1. The van der Waals surface area contributed by atoms with Crippen molar-refractivity contribution in [2.24, 2.45) is 0 Å². The van der Waals surface area contributed by atoms with Crippen LogP contribution in [0.25, 0.3) is 5.76 Å². The molecule has 5 rings (SSSR count). The van der Waals surface area contributed by atoms with Gasteiger partial charge in [0, 0.05) is 11.8 Å². The predicted molar refractivity (Wildman–Crippen MR) is 119 cm³/mol. The van der Waals surface area contributed by atoms with Crippen LogP contribution in [-0.2, 0) is 9.59 Å². The maximum absolute atomic E-state index is 13.2. The molecule has 0 aliphatic carbocycles. The molecule has 1 aromatic heterocycles. The highest BCUT2D eigenvalue weighted by Crippen LogP contribution is 2.45. The van der Waals surface area contributed by atoms with Crippen LogP contribution in [-0.4, -0.2) is 40.1 Å². The molecule has 1 unspecified atom stereocenters. The summed E-state index contributed by atoms with van der Waals surface area (Å²) in [5, 5.41) is 21.7. The fraction of sp³-hybridized carbons (Fsp3) is 0.160. The first-order chi connectivity index (χ1) is 16.0. The topological polar surface area (TPSA) is 109 Å². The van der Waals surface area contributed by atoms with Gasteiger partial charge < -0.3 is 19.7 Å². The number of phenolic OH excluding ortho intramolecular Hbond substituents is 1. The number of amides is 1. The maximum atomic E-state index is 13.2. The Balaban J connectivity index is 1.71. The molecule has 166 valence electrons. The summed E-state index contributed by atoms with van der Waals surface area (Å²) in [6.07, 6.45) is 1.54. The van der Waals surface area contributed by atoms with Gasteiger partial charge in [0.1, 0.15) is 30.8 Å². The number of rotatable bonds is 3. The first kappa shape index (κ1) is 20.6. The average Bonchev–Trinajstić information content (AvgIpc) is 3.10. The molecule has 2 N–H and O–H groups in total. The van der Waals surface area contributed by atoms with Crippen LogP contribution < -0.4 is 14.4 Å². The number of nitrogens with zero attached hydrogens (tertiary/aromatic N) is 2. The number of Topliss-reactive ketones (excluding diaryl/α,β-unsaturated/α-hetero) is 1. The van der Waals surface area contributed by atoms with E-state index in [1.807, 2.05) is 6.92 Å². The summed E-state index contributed by atoms with van der Waals surface area (Å²) < 4.78 is 11.1. The molecule has 2 aliphatic rings. The molecule has 3 heterocycles. The molecule has 0 bridgehead atoms. The summed E-state index contributed by atoms with van der Waals surface area (Å²) in [7, 11) is 0. The van der Waals surface area contributed by atoms with E-state index in [2.05, 4.69) is 4.98 Å². The van der Waals surface area contributed by atoms with Gasteiger partial charge >= 0.3 is 0 Å². The van der Waals surface area contributed by atoms with Gasteiger partial charge in [-0.05, 0) is 55.0 Å². The van der Waals surface area contributed by atoms with Crippen molar-refractivity contribution in [1.82, 2.24) is 4.98 Å². The Morgan fingerprint density at radius 1 is 1.03 bits per heavy atom. The summed E-state index contributed by atoms with van der Waals surface area (Å²) in [5.74, 6) is -1.31. The van der Waals surface area contributed by atoms with Gasteiger partial charge in [-0.1, -0.05) is 12.1 Å². The minimum absolute atomic E-state index is 0.128. The van der Waals surface area contributed by atoms with E-state index in [1.165, 1.54) is 17.2 Å². The standard InChI is InChI=1S/C25H20N2O6/c1-14-5-7-18(28)17(12-14)27-22(16-4-2-3-9-26-16)21(24(30)25(27)31)23(29)15-6-8-19-20(13-15)33-11-10-32-19/h2-9,12-13,22,28-29H,10-11H2,1H3/b23-21-. The van der Waals surface area contributed by atoms with Crippen molar-refractivity contribution in [2.45, 2.75) is 13.0 Å². The van der Waals surface area contributed by atoms with E-state index in [4.69, 9.17) is 9.47 Å². The lowest BCUT2D eigenvalue weighted by Gasteiger charge is -2.25. The Morgan fingerprint density at radius 3 is 2.58 bits per heavy atom. The van der Waals surface area contributed by atoms with Crippen molar-refractivity contribution in [2.75, 3.05) is 18.1 Å². The van der Waals surface area contributed by atoms with Gasteiger partial charge in [0.15, 0.2) is 11.5 Å². The van der Waals surface area contributed by atoms with Crippen LogP contribution in [0, 0.1) is 6.92 Å². The number of aromatic hydroxyl groups is 1. The number of fused-ring (bicyclic) bond motifs is 1. The highest BCUT2D eigenvalue weighted by molar-refractivity contribution is 6.51. The Bertz CT molecular complexity index is 1300. The number of carbonyl (C=O) groups is 2. The summed E-state index contributed by atoms with van der Waals surface area (Å²) in [5.41, 5.74) is 1.49. The predicted octanol–water partition coefficient (Wildman–Crippen LogP) is 3.49. The van der Waals surface area contributed by atoms with Gasteiger partial charge in [-0.25, -0.2) is 0 Å². The quantitative estimate of drug-likeness (QED) is 0.362. The highest BCUT2D eigenvalue weighted by Gasteiger charge is 2.48. The SMILES string of the molecule is Cc1ccc(O)c(N2C(=O)C(=O)/C(=C(\O)c3ccc4c(c3)OCCO4)C2c2ccccn2)c1. The van der Waals surface area contributed by atoms with Crippen LogP contribution in [0.15, 0.2) is 66.4 Å². The van der Waals surface area contributed by atoms with E-state index in [0.717, 1.165) is 5.56 Å². The lowest BCUT2D eigenvalue weighted by atomic mass is 9.97. The van der Waals surface area contributed by atoms with Crippen LogP contribution in [0.1, 0.15) is 22.9 Å². The molecule has 0 spiro atoms. The first-order valence-corrected chi connectivity index (χ1v) is 10.4. The van der Waals surface area contributed by atoms with Gasteiger partial charge in [0.2, 0.25) is 0 Å². The van der Waals surface area contributed by atoms with Crippen LogP contribution in [0.4, 0.5) is 5.69 Å². The Kier molecular flexibility index (Phi) is 4.97. The van der Waals surface area contributed by atoms with Crippen molar-refractivity contribution in [3.63, 3.8) is 0 Å².